The maximum absolute atomic E-state index is 10.1. The lowest BCUT2D eigenvalue weighted by atomic mass is 10.3. The molecule has 3 aromatic rings. The summed E-state index contributed by atoms with van der Waals surface area (Å²) in [6, 6.07) is 9.00. The molecule has 4 rings (SSSR count). The standard InChI is InChI=1S/C17H10Cl2N4OS/c18-11-4-1-5-12(19)14(11)22-17-23-16(24)13(25-17)8-10-7-9-3-2-6-20-15(9)21-10/h1-8,24H,(H,22,23). The van der Waals surface area contributed by atoms with Crippen LogP contribution in [-0.2, 0) is 0 Å². The molecule has 1 aromatic carbocycles. The van der Waals surface area contributed by atoms with Gasteiger partial charge in [-0.05, 0) is 36.4 Å². The highest BCUT2D eigenvalue weighted by atomic mass is 35.5. The summed E-state index contributed by atoms with van der Waals surface area (Å²) in [6.07, 6.45) is 5.35. The third kappa shape index (κ3) is 3.24. The van der Waals surface area contributed by atoms with Crippen molar-refractivity contribution >= 4 is 57.5 Å². The monoisotopic (exact) mass is 388 g/mol. The number of rotatable bonds is 3. The Hall–Kier alpha value is -2.41. The van der Waals surface area contributed by atoms with Crippen molar-refractivity contribution in [3.63, 3.8) is 0 Å². The minimum Gasteiger partial charge on any atom is -0.492 e. The van der Waals surface area contributed by atoms with E-state index < -0.39 is 0 Å². The van der Waals surface area contributed by atoms with Gasteiger partial charge in [-0.3, -0.25) is 0 Å². The SMILES string of the molecule is Oc1nc(Nc2c(Cl)cccc2Cl)sc1C=C1C=c2cccnc2=N1. The second kappa shape index (κ2) is 6.48. The molecule has 8 heteroatoms. The second-order valence-corrected chi connectivity index (χ2v) is 7.02. The predicted octanol–water partition coefficient (Wildman–Crippen LogP) is 3.75. The summed E-state index contributed by atoms with van der Waals surface area (Å²) < 4.78 is 0. The molecule has 25 heavy (non-hydrogen) atoms. The average Bonchev–Trinajstić information content (AvgIpc) is 3.14. The first kappa shape index (κ1) is 16.1. The number of anilines is 2. The van der Waals surface area contributed by atoms with Gasteiger partial charge < -0.3 is 10.4 Å². The first-order chi connectivity index (χ1) is 12.1. The van der Waals surface area contributed by atoms with Crippen LogP contribution in [0.2, 0.25) is 10.0 Å². The Bertz CT molecular complexity index is 1070. The number of nitrogens with one attached hydrogen (secondary N) is 1. The number of hydrogen-bond donors (Lipinski definition) is 2. The summed E-state index contributed by atoms with van der Waals surface area (Å²) in [5, 5.41) is 15.5. The van der Waals surface area contributed by atoms with E-state index in [2.05, 4.69) is 20.3 Å². The number of nitrogens with zero attached hydrogens (tertiary/aromatic N) is 3. The number of thiazole rings is 1. The summed E-state index contributed by atoms with van der Waals surface area (Å²) in [5.41, 5.74) is 1.92. The van der Waals surface area contributed by atoms with Gasteiger partial charge in [-0.2, -0.15) is 4.98 Å². The maximum Gasteiger partial charge on any atom is 0.231 e. The van der Waals surface area contributed by atoms with Gasteiger partial charge in [0, 0.05) is 11.4 Å². The van der Waals surface area contributed by atoms with Crippen LogP contribution in [0.3, 0.4) is 0 Å². The van der Waals surface area contributed by atoms with Crippen LogP contribution in [0.1, 0.15) is 4.88 Å². The van der Waals surface area contributed by atoms with E-state index >= 15 is 0 Å². The predicted molar refractivity (Wildman–Crippen MR) is 101 cm³/mol. The molecule has 0 spiro atoms. The normalized spacial score (nSPS) is 14.1. The quantitative estimate of drug-likeness (QED) is 0.716. The molecule has 0 saturated carbocycles. The number of halogens is 2. The highest BCUT2D eigenvalue weighted by molar-refractivity contribution is 7.16. The van der Waals surface area contributed by atoms with Crippen LogP contribution in [0.25, 0.3) is 12.2 Å². The van der Waals surface area contributed by atoms with Crippen LogP contribution in [0.15, 0.2) is 47.2 Å². The summed E-state index contributed by atoms with van der Waals surface area (Å²) in [4.78, 5) is 13.3. The van der Waals surface area contributed by atoms with Gasteiger partial charge in [0.05, 0.1) is 26.3 Å². The van der Waals surface area contributed by atoms with Crippen molar-refractivity contribution in [2.24, 2.45) is 4.99 Å². The minimum absolute atomic E-state index is 0.0873. The van der Waals surface area contributed by atoms with E-state index in [1.54, 1.807) is 30.5 Å². The molecule has 1 aliphatic heterocycles. The Kier molecular flexibility index (Phi) is 4.17. The van der Waals surface area contributed by atoms with Crippen LogP contribution in [0.5, 0.6) is 5.88 Å². The van der Waals surface area contributed by atoms with Crippen molar-refractivity contribution < 1.29 is 5.11 Å². The molecule has 3 heterocycles. The molecule has 0 fully saturated rings. The van der Waals surface area contributed by atoms with Crippen LogP contribution in [0.4, 0.5) is 10.8 Å². The molecule has 0 amide bonds. The van der Waals surface area contributed by atoms with E-state index in [9.17, 15) is 5.11 Å². The summed E-state index contributed by atoms with van der Waals surface area (Å²) in [5.74, 6) is -0.0873. The molecule has 0 bridgehead atoms. The number of para-hydroxylation sites is 1. The smallest absolute Gasteiger partial charge is 0.231 e. The highest BCUT2D eigenvalue weighted by Gasteiger charge is 2.13. The van der Waals surface area contributed by atoms with Gasteiger partial charge in [-0.1, -0.05) is 40.6 Å². The van der Waals surface area contributed by atoms with Crippen molar-refractivity contribution in [1.82, 2.24) is 9.97 Å². The van der Waals surface area contributed by atoms with Gasteiger partial charge in [-0.25, -0.2) is 9.98 Å². The number of benzene rings is 1. The number of pyridine rings is 1. The largest absolute Gasteiger partial charge is 0.492 e. The first-order valence-electron chi connectivity index (χ1n) is 7.24. The van der Waals surface area contributed by atoms with Crippen molar-refractivity contribution in [2.45, 2.75) is 0 Å². The third-order valence-corrected chi connectivity index (χ3v) is 5.00. The zero-order valence-electron chi connectivity index (χ0n) is 12.6. The van der Waals surface area contributed by atoms with E-state index in [0.717, 1.165) is 5.22 Å². The second-order valence-electron chi connectivity index (χ2n) is 5.17. The first-order valence-corrected chi connectivity index (χ1v) is 8.81. The third-order valence-electron chi connectivity index (χ3n) is 3.46. The molecule has 0 atom stereocenters. The molecule has 124 valence electrons. The van der Waals surface area contributed by atoms with E-state index in [1.165, 1.54) is 11.3 Å². The fraction of sp³-hybridized carbons (Fsp3) is 0. The molecule has 0 aliphatic carbocycles. The van der Waals surface area contributed by atoms with Crippen molar-refractivity contribution in [3.8, 4) is 5.88 Å². The van der Waals surface area contributed by atoms with Crippen molar-refractivity contribution in [3.05, 3.63) is 67.9 Å². The van der Waals surface area contributed by atoms with E-state index in [1.807, 2.05) is 18.2 Å². The molecular formula is C17H10Cl2N4OS. The number of aromatic nitrogens is 2. The lowest BCUT2D eigenvalue weighted by molar-refractivity contribution is 0.457. The molecule has 5 nitrogen and oxygen atoms in total. The summed E-state index contributed by atoms with van der Waals surface area (Å²) in [6.45, 7) is 0. The molecule has 2 aromatic heterocycles. The van der Waals surface area contributed by atoms with Gasteiger partial charge in [0.25, 0.3) is 0 Å². The van der Waals surface area contributed by atoms with E-state index in [0.29, 0.717) is 36.9 Å². The van der Waals surface area contributed by atoms with Gasteiger partial charge in [0.1, 0.15) is 0 Å². The minimum atomic E-state index is -0.0873. The van der Waals surface area contributed by atoms with Crippen LogP contribution >= 0.6 is 34.5 Å². The highest BCUT2D eigenvalue weighted by Crippen LogP contribution is 2.37. The summed E-state index contributed by atoms with van der Waals surface area (Å²) >= 11 is 13.6. The fourth-order valence-corrected chi connectivity index (χ4v) is 3.64. The summed E-state index contributed by atoms with van der Waals surface area (Å²) in [7, 11) is 0. The Labute approximate surface area is 156 Å². The van der Waals surface area contributed by atoms with Crippen LogP contribution < -0.4 is 16.0 Å². The fourth-order valence-electron chi connectivity index (χ4n) is 2.33. The molecule has 0 unspecified atom stereocenters. The van der Waals surface area contributed by atoms with Crippen LogP contribution in [0, 0.1) is 0 Å². The zero-order chi connectivity index (χ0) is 17.4. The molecule has 0 radical (unpaired) electrons. The lowest BCUT2D eigenvalue weighted by Gasteiger charge is -2.06. The number of hydrogen-bond acceptors (Lipinski definition) is 6. The number of aromatic hydroxyl groups is 1. The Balaban J connectivity index is 1.66. The number of allylic oxidation sites excluding steroid dienone is 1. The molecular weight excluding hydrogens is 379 g/mol. The molecule has 2 N–H and O–H groups in total. The lowest BCUT2D eigenvalue weighted by Crippen LogP contribution is -2.23. The Morgan fingerprint density at radius 3 is 2.68 bits per heavy atom. The zero-order valence-corrected chi connectivity index (χ0v) is 14.9. The molecule has 1 aliphatic rings. The average molecular weight is 389 g/mol. The van der Waals surface area contributed by atoms with E-state index in [4.69, 9.17) is 23.2 Å². The topological polar surface area (TPSA) is 70.4 Å². The van der Waals surface area contributed by atoms with Crippen LogP contribution in [-0.4, -0.2) is 15.1 Å². The maximum atomic E-state index is 10.1. The van der Waals surface area contributed by atoms with Crippen molar-refractivity contribution in [1.29, 1.82) is 0 Å². The van der Waals surface area contributed by atoms with Crippen molar-refractivity contribution in [2.75, 3.05) is 5.32 Å². The van der Waals surface area contributed by atoms with Gasteiger partial charge in [0.2, 0.25) is 5.88 Å². The van der Waals surface area contributed by atoms with E-state index in [-0.39, 0.29) is 5.88 Å². The van der Waals surface area contributed by atoms with Gasteiger partial charge in [-0.15, -0.1) is 0 Å². The Morgan fingerprint density at radius 2 is 1.92 bits per heavy atom. The van der Waals surface area contributed by atoms with Gasteiger partial charge >= 0.3 is 0 Å². The molecule has 0 saturated heterocycles. The number of fused-ring (bicyclic) bond motifs is 1. The van der Waals surface area contributed by atoms with Gasteiger partial charge in [0.15, 0.2) is 10.6 Å². The Morgan fingerprint density at radius 1 is 1.12 bits per heavy atom.